The van der Waals surface area contributed by atoms with Gasteiger partial charge in [-0.1, -0.05) is 29.0 Å². The van der Waals surface area contributed by atoms with Gasteiger partial charge >= 0.3 is 0 Å². The van der Waals surface area contributed by atoms with Gasteiger partial charge in [0.05, 0.1) is 18.3 Å². The van der Waals surface area contributed by atoms with Gasteiger partial charge in [-0.25, -0.2) is 4.39 Å². The quantitative estimate of drug-likeness (QED) is 0.348. The molecule has 0 N–H and O–H groups in total. The first-order valence-corrected chi connectivity index (χ1v) is 11.8. The van der Waals surface area contributed by atoms with Crippen LogP contribution < -0.4 is 4.90 Å². The molecular weight excluding hydrogens is 401 g/mol. The largest absolute Gasteiger partial charge is 0.357 e. The van der Waals surface area contributed by atoms with Gasteiger partial charge in [-0.3, -0.25) is 4.90 Å². The number of thiol groups is 1. The van der Waals surface area contributed by atoms with Crippen molar-refractivity contribution < 1.29 is 4.39 Å². The number of nitrogens with zero attached hydrogens (tertiary/aromatic N) is 3. The van der Waals surface area contributed by atoms with Crippen LogP contribution in [0.25, 0.3) is 0 Å². The zero-order valence-electron chi connectivity index (χ0n) is 16.6. The second-order valence-electron chi connectivity index (χ2n) is 7.27. The molecule has 1 atom stereocenters. The Bertz CT molecular complexity index is 909. The molecular formula is C23H26FN3S2. The maximum Gasteiger partial charge on any atom is 0.127 e. The number of halogens is 1. The summed E-state index contributed by atoms with van der Waals surface area (Å²) >= 11 is 4.21. The average molecular weight is 428 g/mol. The number of hydrogen-bond acceptors (Lipinski definition) is 5. The summed E-state index contributed by atoms with van der Waals surface area (Å²) in [5.74, 6) is 0.710. The molecule has 1 heterocycles. The predicted octanol–water partition coefficient (Wildman–Crippen LogP) is 5.39. The summed E-state index contributed by atoms with van der Waals surface area (Å²) in [4.78, 5) is 4.67. The predicted molar refractivity (Wildman–Crippen MR) is 124 cm³/mol. The van der Waals surface area contributed by atoms with Crippen LogP contribution in [-0.4, -0.2) is 30.4 Å². The molecule has 0 aromatic heterocycles. The highest BCUT2D eigenvalue weighted by Crippen LogP contribution is 2.29. The lowest BCUT2D eigenvalue weighted by Gasteiger charge is -2.26. The van der Waals surface area contributed by atoms with Gasteiger partial charge in [0.25, 0.3) is 0 Å². The molecule has 2 aromatic rings. The van der Waals surface area contributed by atoms with Crippen molar-refractivity contribution in [3.8, 4) is 6.07 Å². The lowest BCUT2D eigenvalue weighted by Crippen LogP contribution is -2.28. The monoisotopic (exact) mass is 427 g/mol. The molecule has 1 saturated heterocycles. The van der Waals surface area contributed by atoms with Crippen molar-refractivity contribution in [1.82, 2.24) is 4.90 Å². The van der Waals surface area contributed by atoms with E-state index in [1.165, 1.54) is 10.8 Å². The Hall–Kier alpha value is -1.94. The minimum atomic E-state index is -0.163. The summed E-state index contributed by atoms with van der Waals surface area (Å²) in [7, 11) is 1.49. The standard InChI is InChI=1S/C23H26FN3S2/c1-3-4-18-5-6-19(14-23(18)24)17(2)26-10-11-27(16-26)22-8-7-21(15-25)20(13-22)9-12-29-28/h3,5-8,13-14,17,28H,1,4,9-12,16H2,2H3. The van der Waals surface area contributed by atoms with E-state index in [2.05, 4.69) is 47.1 Å². The third kappa shape index (κ3) is 5.16. The van der Waals surface area contributed by atoms with Crippen molar-refractivity contribution in [3.05, 3.63) is 77.1 Å². The number of hydrogen-bond donors (Lipinski definition) is 1. The third-order valence-corrected chi connectivity index (χ3v) is 6.45. The third-order valence-electron chi connectivity index (χ3n) is 5.52. The van der Waals surface area contributed by atoms with Crippen LogP contribution >= 0.6 is 22.5 Å². The molecule has 3 rings (SSSR count). The van der Waals surface area contributed by atoms with E-state index in [0.717, 1.165) is 54.3 Å². The van der Waals surface area contributed by atoms with Crippen LogP contribution in [0.5, 0.6) is 0 Å². The molecule has 0 amide bonds. The van der Waals surface area contributed by atoms with E-state index in [-0.39, 0.29) is 11.9 Å². The fourth-order valence-corrected chi connectivity index (χ4v) is 4.33. The lowest BCUT2D eigenvalue weighted by atomic mass is 10.0. The van der Waals surface area contributed by atoms with Crippen molar-refractivity contribution in [2.24, 2.45) is 0 Å². The number of rotatable bonds is 8. The maximum atomic E-state index is 14.3. The Morgan fingerprint density at radius 1 is 1.28 bits per heavy atom. The first-order valence-electron chi connectivity index (χ1n) is 9.75. The van der Waals surface area contributed by atoms with Crippen LogP contribution in [0.15, 0.2) is 49.1 Å². The number of allylic oxidation sites excluding steroid dienone is 1. The Morgan fingerprint density at radius 2 is 2.10 bits per heavy atom. The molecule has 1 unspecified atom stereocenters. The van der Waals surface area contributed by atoms with Crippen molar-refractivity contribution in [1.29, 1.82) is 5.26 Å². The number of anilines is 1. The van der Waals surface area contributed by atoms with Crippen LogP contribution in [0.4, 0.5) is 10.1 Å². The van der Waals surface area contributed by atoms with Gasteiger partial charge in [-0.05, 0) is 60.7 Å². The van der Waals surface area contributed by atoms with Crippen molar-refractivity contribution in [3.63, 3.8) is 0 Å². The summed E-state index contributed by atoms with van der Waals surface area (Å²) in [6.45, 7) is 8.42. The number of benzene rings is 2. The summed E-state index contributed by atoms with van der Waals surface area (Å²) in [6, 6.07) is 14.0. The van der Waals surface area contributed by atoms with Crippen LogP contribution in [0.2, 0.25) is 0 Å². The van der Waals surface area contributed by atoms with Gasteiger partial charge in [0.1, 0.15) is 5.82 Å². The van der Waals surface area contributed by atoms with Crippen molar-refractivity contribution >= 4 is 28.1 Å². The Kier molecular flexibility index (Phi) is 7.65. The number of aryl methyl sites for hydroxylation is 1. The molecule has 2 aromatic carbocycles. The minimum absolute atomic E-state index is 0.130. The Morgan fingerprint density at radius 3 is 2.79 bits per heavy atom. The molecule has 0 radical (unpaired) electrons. The topological polar surface area (TPSA) is 30.3 Å². The summed E-state index contributed by atoms with van der Waals surface area (Å²) in [6.07, 6.45) is 3.10. The molecule has 1 fully saturated rings. The van der Waals surface area contributed by atoms with Gasteiger partial charge in [0, 0.05) is 30.6 Å². The van der Waals surface area contributed by atoms with Gasteiger partial charge in [-0.15, -0.1) is 18.2 Å². The van der Waals surface area contributed by atoms with E-state index in [0.29, 0.717) is 12.0 Å². The van der Waals surface area contributed by atoms with Gasteiger partial charge in [0.15, 0.2) is 0 Å². The van der Waals surface area contributed by atoms with Crippen LogP contribution in [0.1, 0.15) is 35.2 Å². The molecule has 6 heteroatoms. The lowest BCUT2D eigenvalue weighted by molar-refractivity contribution is 0.265. The fourth-order valence-electron chi connectivity index (χ4n) is 3.74. The van der Waals surface area contributed by atoms with E-state index in [1.807, 2.05) is 24.3 Å². The summed E-state index contributed by atoms with van der Waals surface area (Å²) < 4.78 is 14.3. The number of nitriles is 1. The highest BCUT2D eigenvalue weighted by atomic mass is 33.1. The fraction of sp³-hybridized carbons (Fsp3) is 0.348. The Balaban J connectivity index is 1.72. The average Bonchev–Trinajstić information content (AvgIpc) is 3.23. The highest BCUT2D eigenvalue weighted by Gasteiger charge is 2.26. The smallest absolute Gasteiger partial charge is 0.127 e. The summed E-state index contributed by atoms with van der Waals surface area (Å²) in [5, 5.41) is 9.36. The van der Waals surface area contributed by atoms with Crippen LogP contribution in [0, 0.1) is 17.1 Å². The van der Waals surface area contributed by atoms with Crippen LogP contribution in [0.3, 0.4) is 0 Å². The molecule has 1 aliphatic rings. The zero-order chi connectivity index (χ0) is 20.8. The molecule has 0 bridgehead atoms. The molecule has 3 nitrogen and oxygen atoms in total. The van der Waals surface area contributed by atoms with E-state index in [4.69, 9.17) is 0 Å². The van der Waals surface area contributed by atoms with Crippen molar-refractivity contribution in [2.45, 2.75) is 25.8 Å². The minimum Gasteiger partial charge on any atom is -0.357 e. The zero-order valence-corrected chi connectivity index (χ0v) is 18.4. The molecule has 0 aliphatic carbocycles. The first-order chi connectivity index (χ1) is 14.1. The van der Waals surface area contributed by atoms with Crippen molar-refractivity contribution in [2.75, 3.05) is 30.4 Å². The highest BCUT2D eigenvalue weighted by molar-refractivity contribution is 8.68. The Labute approximate surface area is 182 Å². The second-order valence-corrected chi connectivity index (χ2v) is 8.71. The second kappa shape index (κ2) is 10.2. The van der Waals surface area contributed by atoms with Gasteiger partial charge < -0.3 is 4.90 Å². The van der Waals surface area contributed by atoms with Gasteiger partial charge in [0.2, 0.25) is 0 Å². The van der Waals surface area contributed by atoms with Crippen LogP contribution in [-0.2, 0) is 12.8 Å². The molecule has 29 heavy (non-hydrogen) atoms. The summed E-state index contributed by atoms with van der Waals surface area (Å²) in [5.41, 5.74) is 4.60. The molecule has 0 saturated carbocycles. The molecule has 0 spiro atoms. The SMILES string of the molecule is C=CCc1ccc(C(C)N2CCN(c3ccc(C#N)c(CCSS)c3)C2)cc1F. The van der Waals surface area contributed by atoms with E-state index in [9.17, 15) is 9.65 Å². The van der Waals surface area contributed by atoms with E-state index < -0.39 is 0 Å². The molecule has 1 aliphatic heterocycles. The normalized spacial score (nSPS) is 15.3. The molecule has 152 valence electrons. The maximum absolute atomic E-state index is 14.3. The van der Waals surface area contributed by atoms with E-state index >= 15 is 0 Å². The van der Waals surface area contributed by atoms with E-state index in [1.54, 1.807) is 12.1 Å². The van der Waals surface area contributed by atoms with Gasteiger partial charge in [-0.2, -0.15) is 5.26 Å². The first kappa shape index (κ1) is 21.8.